The molecule has 0 spiro atoms. The molecule has 7 nitrogen and oxygen atoms in total. The third-order valence-corrected chi connectivity index (χ3v) is 1.46. The first kappa shape index (κ1) is 16.3. The van der Waals surface area contributed by atoms with E-state index in [9.17, 15) is 0 Å². The van der Waals surface area contributed by atoms with Crippen molar-refractivity contribution in [2.45, 2.75) is 31.9 Å². The number of carboxylic acid groups (broad SMARTS) is 2. The van der Waals surface area contributed by atoms with Crippen molar-refractivity contribution in [3.63, 3.8) is 0 Å². The summed E-state index contributed by atoms with van der Waals surface area (Å²) in [4.78, 5) is 18.0. The molecule has 0 aromatic rings. The predicted octanol–water partition coefficient (Wildman–Crippen LogP) is -1.41. The van der Waals surface area contributed by atoms with Gasteiger partial charge in [0.05, 0.1) is 11.6 Å². The third kappa shape index (κ3) is 12.8. The van der Waals surface area contributed by atoms with Gasteiger partial charge in [0.1, 0.15) is 0 Å². The highest BCUT2D eigenvalue weighted by molar-refractivity contribution is 5.63. The standard InChI is InChI=1S/C4H10N2O.2C2H4O2/c5-2-4(6)1-3(4)7;2*1-2(3)4/h3,7H,1-2,5-6H2;2*1H3,(H,3,4). The molecule has 7 N–H and O–H groups in total. The number of aliphatic carboxylic acids is 2. The summed E-state index contributed by atoms with van der Waals surface area (Å²) in [6.45, 7) is 2.56. The number of hydrogen-bond donors (Lipinski definition) is 5. The van der Waals surface area contributed by atoms with Crippen molar-refractivity contribution in [3.8, 4) is 0 Å². The monoisotopic (exact) mass is 222 g/mol. The van der Waals surface area contributed by atoms with Crippen molar-refractivity contribution in [2.24, 2.45) is 11.5 Å². The average molecular weight is 222 g/mol. The Balaban J connectivity index is 0. The fraction of sp³-hybridized carbons (Fsp3) is 0.750. The molecule has 0 aromatic heterocycles. The van der Waals surface area contributed by atoms with Crippen molar-refractivity contribution in [2.75, 3.05) is 6.54 Å². The van der Waals surface area contributed by atoms with E-state index in [0.717, 1.165) is 13.8 Å². The van der Waals surface area contributed by atoms with E-state index in [2.05, 4.69) is 0 Å². The lowest BCUT2D eigenvalue weighted by molar-refractivity contribution is -0.135. The van der Waals surface area contributed by atoms with Crippen LogP contribution in [0.5, 0.6) is 0 Å². The second-order valence-electron chi connectivity index (χ2n) is 3.20. The number of hydrogen-bond acceptors (Lipinski definition) is 5. The third-order valence-electron chi connectivity index (χ3n) is 1.46. The Morgan fingerprint density at radius 2 is 1.53 bits per heavy atom. The van der Waals surface area contributed by atoms with Gasteiger partial charge in [-0.15, -0.1) is 0 Å². The lowest BCUT2D eigenvalue weighted by atomic mass is 10.3. The Morgan fingerprint density at radius 3 is 1.53 bits per heavy atom. The highest BCUT2D eigenvalue weighted by Crippen LogP contribution is 2.30. The SMILES string of the molecule is CC(=O)O.CC(=O)O.NCC1(N)CC1O. The first-order chi connectivity index (χ1) is 6.65. The quantitative estimate of drug-likeness (QED) is 0.366. The maximum absolute atomic E-state index is 9.00. The number of aliphatic hydroxyl groups is 1. The highest BCUT2D eigenvalue weighted by Gasteiger charge is 2.48. The largest absolute Gasteiger partial charge is 0.481 e. The second kappa shape index (κ2) is 7.16. The molecule has 1 aliphatic rings. The van der Waals surface area contributed by atoms with Crippen molar-refractivity contribution in [3.05, 3.63) is 0 Å². The van der Waals surface area contributed by atoms with E-state index < -0.39 is 17.5 Å². The zero-order valence-corrected chi connectivity index (χ0v) is 8.80. The lowest BCUT2D eigenvalue weighted by Gasteiger charge is -2.00. The predicted molar refractivity (Wildman–Crippen MR) is 53.2 cm³/mol. The van der Waals surface area contributed by atoms with Crippen molar-refractivity contribution in [1.82, 2.24) is 0 Å². The van der Waals surface area contributed by atoms with Gasteiger partial charge in [0.15, 0.2) is 0 Å². The van der Waals surface area contributed by atoms with E-state index in [4.69, 9.17) is 36.4 Å². The van der Waals surface area contributed by atoms with E-state index in [0.29, 0.717) is 13.0 Å². The van der Waals surface area contributed by atoms with E-state index >= 15 is 0 Å². The molecular weight excluding hydrogens is 204 g/mol. The minimum absolute atomic E-state index is 0.336. The van der Waals surface area contributed by atoms with Crippen molar-refractivity contribution in [1.29, 1.82) is 0 Å². The number of aliphatic hydroxyl groups excluding tert-OH is 1. The number of nitrogens with two attached hydrogens (primary N) is 2. The van der Waals surface area contributed by atoms with Gasteiger partial charge in [-0.05, 0) is 6.42 Å². The van der Waals surface area contributed by atoms with E-state index in [1.165, 1.54) is 0 Å². The summed E-state index contributed by atoms with van der Waals surface area (Å²) >= 11 is 0. The van der Waals surface area contributed by atoms with Crippen LogP contribution in [-0.4, -0.2) is 45.4 Å². The van der Waals surface area contributed by atoms with Gasteiger partial charge >= 0.3 is 0 Å². The van der Waals surface area contributed by atoms with Crippen LogP contribution in [0.25, 0.3) is 0 Å². The molecule has 0 saturated heterocycles. The number of rotatable bonds is 1. The average Bonchev–Trinajstić information content (AvgIpc) is 2.58. The summed E-state index contributed by atoms with van der Waals surface area (Å²) in [5.74, 6) is -1.67. The van der Waals surface area contributed by atoms with Gasteiger partial charge < -0.3 is 26.8 Å². The molecule has 15 heavy (non-hydrogen) atoms. The molecule has 2 unspecified atom stereocenters. The van der Waals surface area contributed by atoms with Gasteiger partial charge in [0.25, 0.3) is 11.9 Å². The van der Waals surface area contributed by atoms with Crippen molar-refractivity contribution >= 4 is 11.9 Å². The summed E-state index contributed by atoms with van der Waals surface area (Å²) in [5.41, 5.74) is 10.2. The Bertz CT molecular complexity index is 197. The Morgan fingerprint density at radius 1 is 1.33 bits per heavy atom. The van der Waals surface area contributed by atoms with E-state index in [-0.39, 0.29) is 6.10 Å². The molecule has 90 valence electrons. The number of carboxylic acids is 2. The van der Waals surface area contributed by atoms with E-state index in [1.54, 1.807) is 0 Å². The summed E-state index contributed by atoms with van der Waals surface area (Å²) in [7, 11) is 0. The molecule has 1 fully saturated rings. The van der Waals surface area contributed by atoms with Crippen LogP contribution in [-0.2, 0) is 9.59 Å². The van der Waals surface area contributed by atoms with Crippen LogP contribution in [0.15, 0.2) is 0 Å². The van der Waals surface area contributed by atoms with Gasteiger partial charge in [-0.2, -0.15) is 0 Å². The molecule has 0 aromatic carbocycles. The highest BCUT2D eigenvalue weighted by atomic mass is 16.4. The fourth-order valence-electron chi connectivity index (χ4n) is 0.520. The summed E-state index contributed by atoms with van der Waals surface area (Å²) in [6, 6.07) is 0. The molecule has 0 heterocycles. The Hall–Kier alpha value is -1.18. The van der Waals surface area contributed by atoms with E-state index in [1.807, 2.05) is 0 Å². The Kier molecular flexibility index (Phi) is 7.76. The zero-order chi connectivity index (χ0) is 12.6. The van der Waals surface area contributed by atoms with Crippen LogP contribution in [0.2, 0.25) is 0 Å². The summed E-state index contributed by atoms with van der Waals surface area (Å²) < 4.78 is 0. The van der Waals surface area contributed by atoms with Crippen LogP contribution in [0.3, 0.4) is 0 Å². The van der Waals surface area contributed by atoms with Gasteiger partial charge in [-0.1, -0.05) is 0 Å². The Labute approximate surface area is 87.7 Å². The van der Waals surface area contributed by atoms with Crippen LogP contribution in [0.1, 0.15) is 20.3 Å². The molecule has 0 aliphatic heterocycles. The van der Waals surface area contributed by atoms with Crippen LogP contribution in [0, 0.1) is 0 Å². The minimum Gasteiger partial charge on any atom is -0.481 e. The maximum atomic E-state index is 9.00. The van der Waals surface area contributed by atoms with Crippen molar-refractivity contribution < 1.29 is 24.9 Å². The van der Waals surface area contributed by atoms with Gasteiger partial charge in [0.2, 0.25) is 0 Å². The first-order valence-electron chi connectivity index (χ1n) is 4.21. The molecule has 1 saturated carbocycles. The molecule has 0 bridgehead atoms. The topological polar surface area (TPSA) is 147 Å². The van der Waals surface area contributed by atoms with Crippen LogP contribution in [0.4, 0.5) is 0 Å². The molecule has 0 amide bonds. The molecule has 2 atom stereocenters. The smallest absolute Gasteiger partial charge is 0.300 e. The molecular formula is C8H18N2O5. The van der Waals surface area contributed by atoms with Gasteiger partial charge in [-0.3, -0.25) is 9.59 Å². The minimum atomic E-state index is -0.833. The summed E-state index contributed by atoms with van der Waals surface area (Å²) in [6.07, 6.45) is 0.334. The maximum Gasteiger partial charge on any atom is 0.300 e. The molecule has 7 heteroatoms. The molecule has 1 rings (SSSR count). The van der Waals surface area contributed by atoms with Gasteiger partial charge in [0, 0.05) is 20.4 Å². The van der Waals surface area contributed by atoms with Crippen LogP contribution >= 0.6 is 0 Å². The molecule has 0 radical (unpaired) electrons. The fourth-order valence-corrected chi connectivity index (χ4v) is 0.520. The zero-order valence-electron chi connectivity index (χ0n) is 8.80. The van der Waals surface area contributed by atoms with Gasteiger partial charge in [-0.25, -0.2) is 0 Å². The number of carbonyl (C=O) groups is 2. The first-order valence-corrected chi connectivity index (χ1v) is 4.21. The second-order valence-corrected chi connectivity index (χ2v) is 3.20. The normalized spacial score (nSPS) is 26.3. The van der Waals surface area contributed by atoms with Crippen LogP contribution < -0.4 is 11.5 Å². The lowest BCUT2D eigenvalue weighted by Crippen LogP contribution is -2.35. The summed E-state index contributed by atoms with van der Waals surface area (Å²) in [5, 5.41) is 23.5. The molecule has 1 aliphatic carbocycles.